The van der Waals surface area contributed by atoms with Gasteiger partial charge in [0.1, 0.15) is 0 Å². The molecule has 0 amide bonds. The molecule has 0 N–H and O–H groups in total. The number of halogens is 1. The van der Waals surface area contributed by atoms with Crippen molar-refractivity contribution in [1.29, 1.82) is 0 Å². The third kappa shape index (κ3) is 2.72. The molecule has 1 unspecified atom stereocenters. The minimum Gasteiger partial charge on any atom is -0.207 e. The van der Waals surface area contributed by atoms with E-state index in [4.69, 9.17) is 0 Å². The molecular formula is C12H16BrNO2S. The van der Waals surface area contributed by atoms with Gasteiger partial charge in [-0.05, 0) is 36.6 Å². The fourth-order valence-corrected chi connectivity index (χ4v) is 3.90. The standard InChI is InChI=1S/C12H16BrNO2S/c1-2-10-7-8-14(9-10)17(15,16)12-5-3-11(13)4-6-12/h3-6,10H,2,7-9H2,1H3. The minimum absolute atomic E-state index is 0.387. The minimum atomic E-state index is -3.29. The molecule has 5 heteroatoms. The maximum Gasteiger partial charge on any atom is 0.243 e. The molecule has 1 aliphatic rings. The predicted octanol–water partition coefficient (Wildman–Crippen LogP) is 2.87. The molecule has 0 aliphatic carbocycles. The molecule has 1 aliphatic heterocycles. The van der Waals surface area contributed by atoms with Gasteiger partial charge >= 0.3 is 0 Å². The first-order valence-electron chi connectivity index (χ1n) is 5.79. The molecule has 17 heavy (non-hydrogen) atoms. The second-order valence-electron chi connectivity index (χ2n) is 4.38. The summed E-state index contributed by atoms with van der Waals surface area (Å²) >= 11 is 3.31. The van der Waals surface area contributed by atoms with Crippen molar-refractivity contribution in [2.75, 3.05) is 13.1 Å². The fourth-order valence-electron chi connectivity index (χ4n) is 2.10. The molecule has 1 atom stereocenters. The topological polar surface area (TPSA) is 37.4 Å². The van der Waals surface area contributed by atoms with E-state index in [1.807, 2.05) is 0 Å². The zero-order valence-electron chi connectivity index (χ0n) is 9.77. The third-order valence-electron chi connectivity index (χ3n) is 3.28. The van der Waals surface area contributed by atoms with Crippen LogP contribution in [0.5, 0.6) is 0 Å². The molecule has 0 saturated carbocycles. The van der Waals surface area contributed by atoms with E-state index < -0.39 is 10.0 Å². The van der Waals surface area contributed by atoms with Gasteiger partial charge in [0.05, 0.1) is 4.90 Å². The Morgan fingerprint density at radius 2 is 2.00 bits per heavy atom. The highest BCUT2D eigenvalue weighted by atomic mass is 79.9. The van der Waals surface area contributed by atoms with Crippen LogP contribution in [0.4, 0.5) is 0 Å². The molecule has 0 bridgehead atoms. The SMILES string of the molecule is CCC1CCN(S(=O)(=O)c2ccc(Br)cc2)C1. The highest BCUT2D eigenvalue weighted by Crippen LogP contribution is 2.26. The van der Waals surface area contributed by atoms with Gasteiger partial charge in [0.2, 0.25) is 10.0 Å². The van der Waals surface area contributed by atoms with E-state index in [2.05, 4.69) is 22.9 Å². The number of rotatable bonds is 3. The van der Waals surface area contributed by atoms with Gasteiger partial charge in [-0.15, -0.1) is 0 Å². The summed E-state index contributed by atoms with van der Waals surface area (Å²) in [4.78, 5) is 0.387. The van der Waals surface area contributed by atoms with Crippen molar-refractivity contribution in [3.05, 3.63) is 28.7 Å². The molecule has 1 aromatic rings. The summed E-state index contributed by atoms with van der Waals surface area (Å²) in [5, 5.41) is 0. The predicted molar refractivity (Wildman–Crippen MR) is 71.3 cm³/mol. The third-order valence-corrected chi connectivity index (χ3v) is 5.69. The summed E-state index contributed by atoms with van der Waals surface area (Å²) in [5.41, 5.74) is 0. The van der Waals surface area contributed by atoms with Crippen LogP contribution in [0.2, 0.25) is 0 Å². The van der Waals surface area contributed by atoms with E-state index in [9.17, 15) is 8.42 Å². The van der Waals surface area contributed by atoms with Crippen LogP contribution in [0, 0.1) is 5.92 Å². The summed E-state index contributed by atoms with van der Waals surface area (Å²) in [7, 11) is -3.29. The van der Waals surface area contributed by atoms with Gasteiger partial charge in [-0.2, -0.15) is 4.31 Å². The lowest BCUT2D eigenvalue weighted by Gasteiger charge is -2.16. The second kappa shape index (κ2) is 5.08. The first-order valence-corrected chi connectivity index (χ1v) is 8.03. The first kappa shape index (κ1) is 13.1. The molecule has 1 aromatic carbocycles. The Morgan fingerprint density at radius 1 is 1.35 bits per heavy atom. The molecule has 94 valence electrons. The molecule has 1 saturated heterocycles. The van der Waals surface area contributed by atoms with Gasteiger partial charge in [-0.3, -0.25) is 0 Å². The summed E-state index contributed by atoms with van der Waals surface area (Å²) in [6.07, 6.45) is 2.03. The highest BCUT2D eigenvalue weighted by Gasteiger charge is 2.31. The van der Waals surface area contributed by atoms with Gasteiger partial charge in [0, 0.05) is 17.6 Å². The number of sulfonamides is 1. The van der Waals surface area contributed by atoms with Crippen LogP contribution in [-0.4, -0.2) is 25.8 Å². The van der Waals surface area contributed by atoms with Crippen LogP contribution in [0.15, 0.2) is 33.6 Å². The van der Waals surface area contributed by atoms with Crippen molar-refractivity contribution in [3.8, 4) is 0 Å². The zero-order chi connectivity index (χ0) is 12.5. The highest BCUT2D eigenvalue weighted by molar-refractivity contribution is 9.10. The average molecular weight is 318 g/mol. The van der Waals surface area contributed by atoms with Crippen molar-refractivity contribution in [3.63, 3.8) is 0 Å². The van der Waals surface area contributed by atoms with E-state index in [-0.39, 0.29) is 0 Å². The van der Waals surface area contributed by atoms with E-state index >= 15 is 0 Å². The normalized spacial score (nSPS) is 21.9. The van der Waals surface area contributed by atoms with E-state index in [0.717, 1.165) is 17.3 Å². The Kier molecular flexibility index (Phi) is 3.90. The van der Waals surface area contributed by atoms with Crippen LogP contribution in [0.3, 0.4) is 0 Å². The van der Waals surface area contributed by atoms with Crippen LogP contribution in [-0.2, 0) is 10.0 Å². The summed E-state index contributed by atoms with van der Waals surface area (Å²) in [5.74, 6) is 0.514. The molecule has 1 fully saturated rings. The first-order chi connectivity index (χ1) is 8.04. The maximum atomic E-state index is 12.3. The number of nitrogens with zero attached hydrogens (tertiary/aromatic N) is 1. The van der Waals surface area contributed by atoms with Gasteiger partial charge in [0.15, 0.2) is 0 Å². The Balaban J connectivity index is 2.22. The van der Waals surface area contributed by atoms with Crippen molar-refractivity contribution < 1.29 is 8.42 Å². The van der Waals surface area contributed by atoms with Gasteiger partial charge < -0.3 is 0 Å². The quantitative estimate of drug-likeness (QED) is 0.859. The van der Waals surface area contributed by atoms with Crippen molar-refractivity contribution >= 4 is 26.0 Å². The number of hydrogen-bond acceptors (Lipinski definition) is 2. The van der Waals surface area contributed by atoms with Crippen molar-refractivity contribution in [2.45, 2.75) is 24.7 Å². The summed E-state index contributed by atoms with van der Waals surface area (Å²) < 4.78 is 27.1. The lowest BCUT2D eigenvalue weighted by Crippen LogP contribution is -2.28. The average Bonchev–Trinajstić information content (AvgIpc) is 2.78. The molecule has 0 aromatic heterocycles. The Labute approximate surface area is 111 Å². The summed E-state index contributed by atoms with van der Waals surface area (Å²) in [6, 6.07) is 6.83. The molecule has 0 spiro atoms. The molecule has 3 nitrogen and oxygen atoms in total. The second-order valence-corrected chi connectivity index (χ2v) is 7.23. The Morgan fingerprint density at radius 3 is 2.53 bits per heavy atom. The number of benzene rings is 1. The van der Waals surface area contributed by atoms with Crippen LogP contribution >= 0.6 is 15.9 Å². The largest absolute Gasteiger partial charge is 0.243 e. The zero-order valence-corrected chi connectivity index (χ0v) is 12.2. The van der Waals surface area contributed by atoms with Gasteiger partial charge in [-0.25, -0.2) is 8.42 Å². The Hall–Kier alpha value is -0.390. The van der Waals surface area contributed by atoms with Gasteiger partial charge in [0.25, 0.3) is 0 Å². The lowest BCUT2D eigenvalue weighted by atomic mass is 10.1. The van der Waals surface area contributed by atoms with Crippen molar-refractivity contribution in [1.82, 2.24) is 4.31 Å². The monoisotopic (exact) mass is 317 g/mol. The number of hydrogen-bond donors (Lipinski definition) is 0. The molecule has 0 radical (unpaired) electrons. The summed E-state index contributed by atoms with van der Waals surface area (Å²) in [6.45, 7) is 3.42. The molecule has 2 rings (SSSR count). The smallest absolute Gasteiger partial charge is 0.207 e. The van der Waals surface area contributed by atoms with Crippen LogP contribution in [0.25, 0.3) is 0 Å². The molecule has 1 heterocycles. The maximum absolute atomic E-state index is 12.3. The lowest BCUT2D eigenvalue weighted by molar-refractivity contribution is 0.453. The Bertz CT molecular complexity index is 484. The van der Waals surface area contributed by atoms with E-state index in [1.165, 1.54) is 0 Å². The van der Waals surface area contributed by atoms with Crippen LogP contribution in [0.1, 0.15) is 19.8 Å². The molecular weight excluding hydrogens is 302 g/mol. The van der Waals surface area contributed by atoms with E-state index in [0.29, 0.717) is 23.9 Å². The van der Waals surface area contributed by atoms with E-state index in [1.54, 1.807) is 28.6 Å². The van der Waals surface area contributed by atoms with Crippen molar-refractivity contribution in [2.24, 2.45) is 5.92 Å². The fraction of sp³-hybridized carbons (Fsp3) is 0.500. The van der Waals surface area contributed by atoms with Crippen LogP contribution < -0.4 is 0 Å². The van der Waals surface area contributed by atoms with Gasteiger partial charge in [-0.1, -0.05) is 29.3 Å².